The number of hydrogen-bond donors (Lipinski definition) is 3. The van der Waals surface area contributed by atoms with Crippen molar-refractivity contribution in [3.63, 3.8) is 0 Å². The summed E-state index contributed by atoms with van der Waals surface area (Å²) in [5.41, 5.74) is 16.1. The van der Waals surface area contributed by atoms with E-state index in [-0.39, 0.29) is 0 Å². The first-order valence-electron chi connectivity index (χ1n) is 13.8. The molecule has 1 aromatic carbocycles. The van der Waals surface area contributed by atoms with Crippen LogP contribution in [0.4, 0.5) is 11.4 Å². The Balaban J connectivity index is 0.00000158. The summed E-state index contributed by atoms with van der Waals surface area (Å²) in [6.45, 7) is 12.6. The molecule has 4 aromatic heterocycles. The van der Waals surface area contributed by atoms with Crippen LogP contribution < -0.4 is 11.1 Å². The molecule has 202 valence electrons. The molecular weight excluding hydrogens is 494 g/mol. The number of hydrogen-bond acceptors (Lipinski definition) is 6. The predicted molar refractivity (Wildman–Crippen MR) is 165 cm³/mol. The van der Waals surface area contributed by atoms with E-state index in [0.29, 0.717) is 23.0 Å². The smallest absolute Gasteiger partial charge is 0.138 e. The third kappa shape index (κ3) is 5.50. The van der Waals surface area contributed by atoms with Gasteiger partial charge in [0, 0.05) is 58.4 Å². The minimum Gasteiger partial charge on any atom is -0.398 e. The van der Waals surface area contributed by atoms with Gasteiger partial charge in [-0.25, -0.2) is 4.98 Å². The second-order valence-electron chi connectivity index (χ2n) is 9.78. The van der Waals surface area contributed by atoms with Gasteiger partial charge in [0.15, 0.2) is 0 Å². The number of anilines is 2. The molecule has 0 bridgehead atoms. The van der Waals surface area contributed by atoms with E-state index >= 15 is 0 Å². The Morgan fingerprint density at radius 3 is 2.40 bits per heavy atom. The highest BCUT2D eigenvalue weighted by Gasteiger charge is 2.19. The molecule has 7 nitrogen and oxygen atoms in total. The lowest BCUT2D eigenvalue weighted by Crippen LogP contribution is -2.07. The first-order valence-corrected chi connectivity index (χ1v) is 13.8. The van der Waals surface area contributed by atoms with Crippen LogP contribution in [0.15, 0.2) is 92.4 Å². The van der Waals surface area contributed by atoms with Crippen LogP contribution in [0.2, 0.25) is 0 Å². The second kappa shape index (κ2) is 11.9. The van der Waals surface area contributed by atoms with Gasteiger partial charge >= 0.3 is 0 Å². The second-order valence-corrected chi connectivity index (χ2v) is 9.78. The number of nitrogen functional groups attached to an aromatic ring is 1. The number of aromatic nitrogens is 5. The summed E-state index contributed by atoms with van der Waals surface area (Å²) in [7, 11) is 0. The molecule has 0 aliphatic heterocycles. The van der Waals surface area contributed by atoms with Crippen molar-refractivity contribution in [2.45, 2.75) is 39.5 Å². The van der Waals surface area contributed by atoms with Crippen LogP contribution in [0.3, 0.4) is 0 Å². The van der Waals surface area contributed by atoms with Crippen LogP contribution in [0.25, 0.3) is 38.9 Å². The largest absolute Gasteiger partial charge is 0.398 e. The number of nitrogens with zero attached hydrogens (tertiary/aromatic N) is 4. The van der Waals surface area contributed by atoms with Gasteiger partial charge in [0.05, 0.1) is 29.1 Å². The lowest BCUT2D eigenvalue weighted by atomic mass is 9.98. The predicted octanol–water partition coefficient (Wildman–Crippen LogP) is 7.87. The zero-order valence-corrected chi connectivity index (χ0v) is 23.1. The van der Waals surface area contributed by atoms with Crippen molar-refractivity contribution in [2.75, 3.05) is 11.1 Å². The Hall–Kier alpha value is -4.78. The van der Waals surface area contributed by atoms with Gasteiger partial charge in [-0.15, -0.1) is 0 Å². The first kappa shape index (κ1) is 26.8. The fourth-order valence-electron chi connectivity index (χ4n) is 5.17. The lowest BCUT2D eigenvalue weighted by molar-refractivity contribution is 0.649. The van der Waals surface area contributed by atoms with Gasteiger partial charge in [0.1, 0.15) is 5.82 Å². The van der Waals surface area contributed by atoms with Crippen LogP contribution in [0.5, 0.6) is 0 Å². The Kier molecular flexibility index (Phi) is 8.01. The minimum atomic E-state index is 0.531. The van der Waals surface area contributed by atoms with Gasteiger partial charge < -0.3 is 16.0 Å². The molecule has 0 spiro atoms. The number of rotatable bonds is 7. The number of pyridine rings is 3. The van der Waals surface area contributed by atoms with Crippen LogP contribution in [-0.2, 0) is 0 Å². The fraction of sp³-hybridized carbons (Fsp3) is 0.212. The van der Waals surface area contributed by atoms with Crippen LogP contribution in [0, 0.1) is 5.92 Å². The van der Waals surface area contributed by atoms with Crippen molar-refractivity contribution in [2.24, 2.45) is 5.92 Å². The topological polar surface area (TPSA) is 105 Å². The molecule has 7 heteroatoms. The maximum Gasteiger partial charge on any atom is 0.138 e. The number of allylic oxidation sites excluding steroid dienone is 1. The highest BCUT2D eigenvalue weighted by atomic mass is 14.9. The molecule has 0 amide bonds. The highest BCUT2D eigenvalue weighted by molar-refractivity contribution is 5.94. The molecule has 1 aliphatic rings. The highest BCUT2D eigenvalue weighted by Crippen LogP contribution is 2.34. The summed E-state index contributed by atoms with van der Waals surface area (Å²) in [5.74, 6) is 1.18. The maximum absolute atomic E-state index is 6.43. The van der Waals surface area contributed by atoms with Crippen LogP contribution >= 0.6 is 0 Å². The van der Waals surface area contributed by atoms with Crippen LogP contribution in [-0.4, -0.2) is 24.9 Å². The van der Waals surface area contributed by atoms with E-state index in [0.717, 1.165) is 50.2 Å². The molecule has 0 unspecified atom stereocenters. The molecular formula is C33H35N7. The summed E-state index contributed by atoms with van der Waals surface area (Å²) in [6.07, 6.45) is 15.7. The molecule has 0 saturated heterocycles. The van der Waals surface area contributed by atoms with Crippen molar-refractivity contribution in [3.05, 3.63) is 104 Å². The van der Waals surface area contributed by atoms with Crippen molar-refractivity contribution in [3.8, 4) is 22.3 Å². The zero-order chi connectivity index (χ0) is 28.1. The summed E-state index contributed by atoms with van der Waals surface area (Å²) >= 11 is 0. The number of H-pyrrole nitrogens is 1. The lowest BCUT2D eigenvalue weighted by Gasteiger charge is -2.16. The minimum absolute atomic E-state index is 0.531. The van der Waals surface area contributed by atoms with Crippen molar-refractivity contribution < 1.29 is 0 Å². The molecule has 1 aliphatic carbocycles. The van der Waals surface area contributed by atoms with Gasteiger partial charge in [-0.1, -0.05) is 45.9 Å². The molecule has 5 aromatic rings. The summed E-state index contributed by atoms with van der Waals surface area (Å²) in [4.78, 5) is 21.2. The van der Waals surface area contributed by atoms with E-state index < -0.39 is 0 Å². The Bertz CT molecular complexity index is 1650. The molecule has 4 heterocycles. The quantitative estimate of drug-likeness (QED) is 0.185. The molecule has 0 radical (unpaired) electrons. The summed E-state index contributed by atoms with van der Waals surface area (Å²) in [6, 6.07) is 11.9. The molecule has 6 rings (SSSR count). The number of fused-ring (bicyclic) bond motifs is 1. The Morgan fingerprint density at radius 2 is 1.62 bits per heavy atom. The molecule has 4 N–H and O–H groups in total. The standard InChI is InChI=1S/C31H29N7.C2H6/c1-19(31-37-29-18-35-17-27(30(29)38-31)22-9-11-33-12-10-22)26-14-23(7-8-28(26)32)24-13-25(16-34-15-24)36-20(2)21-5-3-4-6-21;1-2/h7-18,21,36H,1-6,32H2,(H,37,38);1-2H3. The van der Waals surface area contributed by atoms with E-state index in [9.17, 15) is 0 Å². The van der Waals surface area contributed by atoms with Crippen molar-refractivity contribution >= 4 is 28.0 Å². The zero-order valence-electron chi connectivity index (χ0n) is 23.1. The molecule has 0 atom stereocenters. The average Bonchev–Trinajstić information content (AvgIpc) is 3.70. The summed E-state index contributed by atoms with van der Waals surface area (Å²) < 4.78 is 0. The van der Waals surface area contributed by atoms with E-state index in [4.69, 9.17) is 10.7 Å². The number of aromatic amines is 1. The third-order valence-corrected chi connectivity index (χ3v) is 7.27. The average molecular weight is 530 g/mol. The molecule has 1 saturated carbocycles. The Labute approximate surface area is 235 Å². The van der Waals surface area contributed by atoms with Gasteiger partial charge in [-0.05, 0) is 60.2 Å². The van der Waals surface area contributed by atoms with Crippen molar-refractivity contribution in [1.29, 1.82) is 0 Å². The van der Waals surface area contributed by atoms with Gasteiger partial charge in [0.2, 0.25) is 0 Å². The SMILES string of the molecule is C=C(c1nc2c(-c3ccncc3)cncc2[nH]1)c1cc(-c2cncc(NC(=C)C3CCCC3)c2)ccc1N.CC. The first-order chi connectivity index (χ1) is 19.6. The van der Waals surface area contributed by atoms with E-state index in [1.54, 1.807) is 18.6 Å². The van der Waals surface area contributed by atoms with E-state index in [1.165, 1.54) is 25.7 Å². The van der Waals surface area contributed by atoms with E-state index in [2.05, 4.69) is 44.5 Å². The number of imidazole rings is 1. The summed E-state index contributed by atoms with van der Waals surface area (Å²) in [5, 5.41) is 3.48. The van der Waals surface area contributed by atoms with Gasteiger partial charge in [-0.3, -0.25) is 15.0 Å². The van der Waals surface area contributed by atoms with Gasteiger partial charge in [-0.2, -0.15) is 0 Å². The third-order valence-electron chi connectivity index (χ3n) is 7.27. The number of benzene rings is 1. The fourth-order valence-corrected chi connectivity index (χ4v) is 5.17. The molecule has 1 fully saturated rings. The molecule has 40 heavy (non-hydrogen) atoms. The maximum atomic E-state index is 6.43. The van der Waals surface area contributed by atoms with Gasteiger partial charge in [0.25, 0.3) is 0 Å². The van der Waals surface area contributed by atoms with E-state index in [1.807, 2.05) is 62.8 Å². The number of nitrogens with one attached hydrogen (secondary N) is 2. The number of nitrogens with two attached hydrogens (primary N) is 1. The van der Waals surface area contributed by atoms with Crippen molar-refractivity contribution in [1.82, 2.24) is 24.9 Å². The van der Waals surface area contributed by atoms with Crippen LogP contribution in [0.1, 0.15) is 50.9 Å². The Morgan fingerprint density at radius 1 is 0.875 bits per heavy atom. The normalized spacial score (nSPS) is 13.1. The monoisotopic (exact) mass is 529 g/mol.